The molecule has 0 radical (unpaired) electrons. The highest BCUT2D eigenvalue weighted by atomic mass is 79.9. The molecular formula is C8H6Br2Cl2FN5. The van der Waals surface area contributed by atoms with Crippen LogP contribution in [-0.2, 0) is 0 Å². The second-order valence-corrected chi connectivity index (χ2v) is 5.27. The van der Waals surface area contributed by atoms with Gasteiger partial charge in [-0.25, -0.2) is 9.38 Å². The van der Waals surface area contributed by atoms with Gasteiger partial charge in [0.15, 0.2) is 11.8 Å². The van der Waals surface area contributed by atoms with Crippen LogP contribution in [0.3, 0.4) is 0 Å². The molecule has 0 amide bonds. The maximum absolute atomic E-state index is 13.5. The molecule has 98 valence electrons. The van der Waals surface area contributed by atoms with Crippen LogP contribution in [0, 0.1) is 5.82 Å². The fourth-order valence-corrected chi connectivity index (χ4v) is 2.57. The normalized spacial score (nSPS) is 11.5. The Morgan fingerprint density at radius 3 is 1.89 bits per heavy atom. The van der Waals surface area contributed by atoms with E-state index >= 15 is 0 Å². The monoisotopic (exact) mass is 419 g/mol. The van der Waals surface area contributed by atoms with Gasteiger partial charge in [-0.3, -0.25) is 0 Å². The number of aliphatic imine (C=N–C) groups is 2. The molecule has 0 aromatic heterocycles. The van der Waals surface area contributed by atoms with Crippen LogP contribution in [0.2, 0.25) is 10.0 Å². The van der Waals surface area contributed by atoms with Gasteiger partial charge in [0, 0.05) is 0 Å². The summed E-state index contributed by atoms with van der Waals surface area (Å²) in [5, 5.41) is -0.445. The van der Waals surface area contributed by atoms with Crippen LogP contribution < -0.4 is 17.2 Å². The highest BCUT2D eigenvalue weighted by Gasteiger charge is 2.19. The Morgan fingerprint density at radius 1 is 1.06 bits per heavy atom. The van der Waals surface area contributed by atoms with E-state index in [2.05, 4.69) is 41.8 Å². The summed E-state index contributed by atoms with van der Waals surface area (Å²) < 4.78 is 13.9. The van der Waals surface area contributed by atoms with Crippen LogP contribution in [0.1, 0.15) is 0 Å². The van der Waals surface area contributed by atoms with E-state index in [1.165, 1.54) is 0 Å². The van der Waals surface area contributed by atoms with Crippen molar-refractivity contribution >= 4 is 72.7 Å². The standard InChI is InChI=1S/C8H6Br2Cl2FN5/c9-1-3(11)5(13)4(12)2(10)6(1)17-8(16)18-7(14)15/h(H6,14,15,16,17,18). The number of guanidine groups is 2. The number of hydrogen-bond donors (Lipinski definition) is 3. The highest BCUT2D eigenvalue weighted by molar-refractivity contribution is 9.11. The van der Waals surface area contributed by atoms with E-state index in [4.69, 9.17) is 40.4 Å². The van der Waals surface area contributed by atoms with Crippen LogP contribution in [0.25, 0.3) is 0 Å². The highest BCUT2D eigenvalue weighted by Crippen LogP contribution is 2.45. The molecule has 5 nitrogen and oxygen atoms in total. The van der Waals surface area contributed by atoms with Gasteiger partial charge in [0.1, 0.15) is 0 Å². The Kier molecular flexibility index (Phi) is 5.20. The minimum atomic E-state index is -0.781. The quantitative estimate of drug-likeness (QED) is 0.281. The van der Waals surface area contributed by atoms with Gasteiger partial charge in [0.25, 0.3) is 0 Å². The molecule has 0 bridgehead atoms. The summed E-state index contributed by atoms with van der Waals surface area (Å²) in [6.07, 6.45) is 0. The average molecular weight is 422 g/mol. The van der Waals surface area contributed by atoms with Gasteiger partial charge in [-0.1, -0.05) is 23.2 Å². The third-order valence-corrected chi connectivity index (χ3v) is 4.37. The third-order valence-electron chi connectivity index (χ3n) is 1.66. The smallest absolute Gasteiger partial charge is 0.223 e. The zero-order valence-corrected chi connectivity index (χ0v) is 13.2. The van der Waals surface area contributed by atoms with Gasteiger partial charge in [0.05, 0.1) is 24.7 Å². The zero-order chi connectivity index (χ0) is 14.0. The molecule has 18 heavy (non-hydrogen) atoms. The predicted octanol–water partition coefficient (Wildman–Crippen LogP) is 2.88. The molecule has 0 unspecified atom stereocenters. The molecule has 0 spiro atoms. The lowest BCUT2D eigenvalue weighted by molar-refractivity contribution is 0.627. The SMILES string of the molecule is NC(N)=NC(N)=Nc1c(Br)c(Cl)c(F)c(Cl)c1Br. The van der Waals surface area contributed by atoms with E-state index in [1.807, 2.05) is 0 Å². The molecule has 0 heterocycles. The fourth-order valence-electron chi connectivity index (χ4n) is 0.963. The molecule has 1 aromatic rings. The second kappa shape index (κ2) is 6.05. The van der Waals surface area contributed by atoms with Crippen LogP contribution in [0.5, 0.6) is 0 Å². The van der Waals surface area contributed by atoms with Crippen molar-refractivity contribution in [1.29, 1.82) is 0 Å². The molecule has 0 saturated carbocycles. The van der Waals surface area contributed by atoms with Crippen molar-refractivity contribution < 1.29 is 4.39 Å². The van der Waals surface area contributed by atoms with Gasteiger partial charge < -0.3 is 17.2 Å². The van der Waals surface area contributed by atoms with Crippen molar-refractivity contribution in [1.82, 2.24) is 0 Å². The third kappa shape index (κ3) is 3.25. The Morgan fingerprint density at radius 2 is 1.50 bits per heavy atom. The van der Waals surface area contributed by atoms with Crippen molar-refractivity contribution in [3.8, 4) is 0 Å². The van der Waals surface area contributed by atoms with Crippen LogP contribution >= 0.6 is 55.1 Å². The second-order valence-electron chi connectivity index (χ2n) is 2.93. The molecular weight excluding hydrogens is 416 g/mol. The van der Waals surface area contributed by atoms with Crippen molar-refractivity contribution in [3.63, 3.8) is 0 Å². The lowest BCUT2D eigenvalue weighted by Gasteiger charge is -2.08. The Labute approximate surface area is 128 Å². The summed E-state index contributed by atoms with van der Waals surface area (Å²) >= 11 is 17.6. The Bertz CT molecular complexity index is 528. The zero-order valence-electron chi connectivity index (χ0n) is 8.52. The summed E-state index contributed by atoms with van der Waals surface area (Å²) in [4.78, 5) is 7.39. The minimum absolute atomic E-state index is 0.173. The number of nitrogens with two attached hydrogens (primary N) is 3. The summed E-state index contributed by atoms with van der Waals surface area (Å²) in [5.41, 5.74) is 15.9. The van der Waals surface area contributed by atoms with Crippen molar-refractivity contribution in [2.45, 2.75) is 0 Å². The van der Waals surface area contributed by atoms with E-state index < -0.39 is 5.82 Å². The first kappa shape index (κ1) is 15.5. The van der Waals surface area contributed by atoms with E-state index in [0.717, 1.165) is 0 Å². The number of rotatable bonds is 1. The first-order chi connectivity index (χ1) is 8.25. The van der Waals surface area contributed by atoms with E-state index in [9.17, 15) is 4.39 Å². The molecule has 0 aliphatic heterocycles. The van der Waals surface area contributed by atoms with Gasteiger partial charge in [0.2, 0.25) is 5.96 Å². The molecule has 1 rings (SSSR count). The molecule has 0 aliphatic carbocycles. The van der Waals surface area contributed by atoms with Gasteiger partial charge in [-0.2, -0.15) is 4.99 Å². The largest absolute Gasteiger partial charge is 0.370 e. The molecule has 0 saturated heterocycles. The first-order valence-electron chi connectivity index (χ1n) is 4.21. The predicted molar refractivity (Wildman–Crippen MR) is 78.9 cm³/mol. The van der Waals surface area contributed by atoms with Crippen LogP contribution in [-0.4, -0.2) is 11.9 Å². The van der Waals surface area contributed by atoms with E-state index in [-0.39, 0.29) is 36.6 Å². The first-order valence-corrected chi connectivity index (χ1v) is 6.55. The number of hydrogen-bond acceptors (Lipinski definition) is 1. The summed E-state index contributed by atoms with van der Waals surface area (Å²) in [6, 6.07) is 0. The summed E-state index contributed by atoms with van der Waals surface area (Å²) in [6.45, 7) is 0. The number of halogens is 5. The van der Waals surface area contributed by atoms with E-state index in [0.29, 0.717) is 0 Å². The number of benzene rings is 1. The molecule has 10 heteroatoms. The molecule has 0 fully saturated rings. The minimum Gasteiger partial charge on any atom is -0.370 e. The van der Waals surface area contributed by atoms with Crippen molar-refractivity contribution in [2.24, 2.45) is 27.2 Å². The Hall–Kier alpha value is -0.570. The van der Waals surface area contributed by atoms with Crippen molar-refractivity contribution in [3.05, 3.63) is 24.8 Å². The van der Waals surface area contributed by atoms with Gasteiger partial charge >= 0.3 is 0 Å². The Balaban J connectivity index is 3.48. The molecule has 0 atom stereocenters. The maximum Gasteiger partial charge on any atom is 0.223 e. The van der Waals surface area contributed by atoms with Gasteiger partial charge in [-0.05, 0) is 31.9 Å². The maximum atomic E-state index is 13.5. The van der Waals surface area contributed by atoms with Gasteiger partial charge in [-0.15, -0.1) is 0 Å². The summed E-state index contributed by atoms with van der Waals surface area (Å²) in [7, 11) is 0. The molecule has 1 aromatic carbocycles. The lowest BCUT2D eigenvalue weighted by Crippen LogP contribution is -2.26. The number of nitrogens with zero attached hydrogens (tertiary/aromatic N) is 2. The lowest BCUT2D eigenvalue weighted by atomic mass is 10.3. The topological polar surface area (TPSA) is 103 Å². The van der Waals surface area contributed by atoms with E-state index in [1.54, 1.807) is 0 Å². The fraction of sp³-hybridized carbons (Fsp3) is 0. The van der Waals surface area contributed by atoms with Crippen LogP contribution in [0.15, 0.2) is 18.9 Å². The molecule has 6 N–H and O–H groups in total. The molecule has 0 aliphatic rings. The average Bonchev–Trinajstić information content (AvgIpc) is 2.29. The van der Waals surface area contributed by atoms with Crippen LogP contribution in [0.4, 0.5) is 10.1 Å². The summed E-state index contributed by atoms with van der Waals surface area (Å²) in [5.74, 6) is -1.27. The van der Waals surface area contributed by atoms with Crippen molar-refractivity contribution in [2.75, 3.05) is 0 Å².